The molecule has 0 bridgehead atoms. The molecule has 8 nitrogen and oxygen atoms in total. The number of benzene rings is 2. The summed E-state index contributed by atoms with van der Waals surface area (Å²) in [6, 6.07) is 10.3. The van der Waals surface area contributed by atoms with Crippen LogP contribution in [-0.2, 0) is 19.3 Å². The van der Waals surface area contributed by atoms with E-state index in [1.807, 2.05) is 6.92 Å². The van der Waals surface area contributed by atoms with Gasteiger partial charge in [0.25, 0.3) is 0 Å². The molecule has 14 heteroatoms. The number of halogens is 6. The largest absolute Gasteiger partial charge is 0.493 e. The van der Waals surface area contributed by atoms with Crippen LogP contribution in [0.4, 0.5) is 36.8 Å². The van der Waals surface area contributed by atoms with Crippen LogP contribution in [0, 0.1) is 6.92 Å². The molecule has 0 aliphatic carbocycles. The third-order valence-corrected chi connectivity index (χ3v) is 7.62. The molecule has 0 unspecified atom stereocenters. The van der Waals surface area contributed by atoms with Crippen molar-refractivity contribution in [1.29, 1.82) is 0 Å². The lowest BCUT2D eigenvalue weighted by molar-refractivity contribution is -0.153. The average molecular weight is 641 g/mol. The van der Waals surface area contributed by atoms with Crippen molar-refractivity contribution in [1.82, 2.24) is 15.2 Å². The molecule has 2 heterocycles. The first-order valence-electron chi connectivity index (χ1n) is 14.1. The Morgan fingerprint density at radius 2 is 1.67 bits per heavy atom. The number of aromatic nitrogens is 1. The monoisotopic (exact) mass is 640 g/mol. The Morgan fingerprint density at radius 3 is 2.29 bits per heavy atom. The van der Waals surface area contributed by atoms with Gasteiger partial charge >= 0.3 is 18.4 Å². The number of nitrogens with one attached hydrogen (secondary N) is 2. The molecule has 2 N–H and O–H groups in total. The van der Waals surface area contributed by atoms with E-state index in [0.29, 0.717) is 54.3 Å². The third kappa shape index (κ3) is 8.93. The van der Waals surface area contributed by atoms with Gasteiger partial charge in [-0.1, -0.05) is 6.07 Å². The molecule has 1 aliphatic heterocycles. The Kier molecular flexibility index (Phi) is 10.4. The minimum atomic E-state index is -4.49. The number of hydrogen-bond donors (Lipinski definition) is 2. The zero-order valence-corrected chi connectivity index (χ0v) is 24.9. The van der Waals surface area contributed by atoms with Gasteiger partial charge in [0.2, 0.25) is 0 Å². The highest BCUT2D eigenvalue weighted by Gasteiger charge is 2.37. The second-order valence-electron chi connectivity index (χ2n) is 10.9. The summed E-state index contributed by atoms with van der Waals surface area (Å²) < 4.78 is 93.2. The zero-order valence-electron chi connectivity index (χ0n) is 24.9. The fourth-order valence-electron chi connectivity index (χ4n) is 4.96. The number of pyridine rings is 1. The third-order valence-electron chi connectivity index (χ3n) is 7.62. The molecule has 1 aromatic heterocycles. The van der Waals surface area contributed by atoms with Gasteiger partial charge in [-0.05, 0) is 87.8 Å². The standard InChI is InChI=1S/C31H34F6N4O4/c1-20-24(39-13-10-25(20)45-19-30(32,33)34)18-44-26-9-4-21(16-27(26)43-3)17-41(29(2)11-14-38-15-12-29)28(42)40-23-7-5-22(6-8-23)31(35,36)37/h4-10,13,16,38H,11-12,14-15,17-19H2,1-3H3,(H,40,42). The Hall–Kier alpha value is -4.20. The number of alkyl halides is 6. The Balaban J connectivity index is 1.50. The van der Waals surface area contributed by atoms with Crippen molar-refractivity contribution in [2.75, 3.05) is 32.1 Å². The molecular formula is C31H34F6N4O4. The zero-order chi connectivity index (χ0) is 32.8. The molecule has 0 saturated carbocycles. The summed E-state index contributed by atoms with van der Waals surface area (Å²) in [4.78, 5) is 19.5. The van der Waals surface area contributed by atoms with Gasteiger partial charge in [-0.3, -0.25) is 4.98 Å². The highest BCUT2D eigenvalue weighted by Crippen LogP contribution is 2.34. The minimum Gasteiger partial charge on any atom is -0.493 e. The predicted molar refractivity (Wildman–Crippen MR) is 154 cm³/mol. The average Bonchev–Trinajstić information content (AvgIpc) is 2.98. The summed E-state index contributed by atoms with van der Waals surface area (Å²) in [5, 5.41) is 6.01. The van der Waals surface area contributed by atoms with Crippen LogP contribution in [0.25, 0.3) is 0 Å². The molecule has 0 atom stereocenters. The van der Waals surface area contributed by atoms with Gasteiger partial charge in [0, 0.05) is 29.5 Å². The molecule has 2 amide bonds. The van der Waals surface area contributed by atoms with E-state index in [-0.39, 0.29) is 24.6 Å². The summed E-state index contributed by atoms with van der Waals surface area (Å²) in [7, 11) is 1.45. The van der Waals surface area contributed by atoms with E-state index in [9.17, 15) is 31.1 Å². The molecule has 1 saturated heterocycles. The lowest BCUT2D eigenvalue weighted by Crippen LogP contribution is -2.55. The number of rotatable bonds is 10. The fourth-order valence-corrected chi connectivity index (χ4v) is 4.96. The molecule has 1 fully saturated rings. The minimum absolute atomic E-state index is 0.0457. The Morgan fingerprint density at radius 1 is 0.978 bits per heavy atom. The van der Waals surface area contributed by atoms with Crippen LogP contribution < -0.4 is 24.8 Å². The van der Waals surface area contributed by atoms with Crippen molar-refractivity contribution in [3.8, 4) is 17.2 Å². The second-order valence-corrected chi connectivity index (χ2v) is 10.9. The van der Waals surface area contributed by atoms with E-state index >= 15 is 0 Å². The molecule has 2 aromatic carbocycles. The number of piperidine rings is 1. The molecule has 3 aromatic rings. The van der Waals surface area contributed by atoms with Gasteiger partial charge in [-0.25, -0.2) is 4.79 Å². The van der Waals surface area contributed by atoms with Crippen molar-refractivity contribution >= 4 is 11.7 Å². The van der Waals surface area contributed by atoms with E-state index in [1.165, 1.54) is 31.5 Å². The molecule has 4 rings (SSSR count). The number of nitrogens with zero attached hydrogens (tertiary/aromatic N) is 2. The first kappa shape index (κ1) is 33.7. The number of ether oxygens (including phenoxy) is 3. The van der Waals surface area contributed by atoms with Crippen molar-refractivity contribution in [2.24, 2.45) is 0 Å². The van der Waals surface area contributed by atoms with Crippen molar-refractivity contribution in [3.63, 3.8) is 0 Å². The van der Waals surface area contributed by atoms with Crippen LogP contribution in [0.3, 0.4) is 0 Å². The van der Waals surface area contributed by atoms with Gasteiger partial charge in [-0.15, -0.1) is 0 Å². The van der Waals surface area contributed by atoms with Gasteiger partial charge < -0.3 is 29.7 Å². The molecule has 0 spiro atoms. The Labute approximate surface area is 256 Å². The first-order valence-corrected chi connectivity index (χ1v) is 14.1. The first-order chi connectivity index (χ1) is 21.2. The molecule has 1 aliphatic rings. The van der Waals surface area contributed by atoms with Crippen LogP contribution in [0.15, 0.2) is 54.7 Å². The SMILES string of the molecule is COc1cc(CN(C(=O)Nc2ccc(C(F)(F)F)cc2)C2(C)CCNCC2)ccc1OCc1nccc(OCC(F)(F)F)c1C. The molecule has 45 heavy (non-hydrogen) atoms. The van der Waals surface area contributed by atoms with E-state index < -0.39 is 36.1 Å². The fraction of sp³-hybridized carbons (Fsp3) is 0.419. The number of anilines is 1. The van der Waals surface area contributed by atoms with Gasteiger partial charge in [0.15, 0.2) is 18.1 Å². The van der Waals surface area contributed by atoms with E-state index in [2.05, 4.69) is 15.6 Å². The van der Waals surface area contributed by atoms with Gasteiger partial charge in [-0.2, -0.15) is 26.3 Å². The topological polar surface area (TPSA) is 85.0 Å². The van der Waals surface area contributed by atoms with E-state index in [0.717, 1.165) is 12.1 Å². The molecular weight excluding hydrogens is 606 g/mol. The van der Waals surface area contributed by atoms with Crippen molar-refractivity contribution in [2.45, 2.75) is 57.7 Å². The lowest BCUT2D eigenvalue weighted by Gasteiger charge is -2.44. The predicted octanol–water partition coefficient (Wildman–Crippen LogP) is 7.11. The number of carbonyl (C=O) groups excluding carboxylic acids is 1. The molecule has 244 valence electrons. The maximum absolute atomic E-state index is 13.6. The van der Waals surface area contributed by atoms with Crippen LogP contribution >= 0.6 is 0 Å². The summed E-state index contributed by atoms with van der Waals surface area (Å²) in [5.41, 5.74) is 0.358. The smallest absolute Gasteiger partial charge is 0.422 e. The lowest BCUT2D eigenvalue weighted by atomic mass is 9.88. The highest BCUT2D eigenvalue weighted by atomic mass is 19.4. The Bertz CT molecular complexity index is 1460. The van der Waals surface area contributed by atoms with E-state index in [1.54, 1.807) is 30.0 Å². The highest BCUT2D eigenvalue weighted by molar-refractivity contribution is 5.90. The van der Waals surface area contributed by atoms with Crippen LogP contribution in [0.2, 0.25) is 0 Å². The summed E-state index contributed by atoms with van der Waals surface area (Å²) in [5.74, 6) is 0.746. The quantitative estimate of drug-likeness (QED) is 0.230. The van der Waals surface area contributed by atoms with Crippen LogP contribution in [0.1, 0.15) is 42.1 Å². The van der Waals surface area contributed by atoms with Crippen molar-refractivity contribution < 1.29 is 45.3 Å². The number of urea groups is 1. The number of carbonyl (C=O) groups is 1. The summed E-state index contributed by atoms with van der Waals surface area (Å²) >= 11 is 0. The van der Waals surface area contributed by atoms with Crippen LogP contribution in [-0.4, -0.2) is 54.4 Å². The van der Waals surface area contributed by atoms with Crippen molar-refractivity contribution in [3.05, 3.63) is 77.1 Å². The summed E-state index contributed by atoms with van der Waals surface area (Å²) in [6.45, 7) is 3.60. The number of methoxy groups -OCH3 is 1. The number of hydrogen-bond acceptors (Lipinski definition) is 6. The maximum Gasteiger partial charge on any atom is 0.422 e. The second kappa shape index (κ2) is 13.8. The molecule has 0 radical (unpaired) electrons. The maximum atomic E-state index is 13.6. The number of amides is 2. The van der Waals surface area contributed by atoms with Gasteiger partial charge in [0.1, 0.15) is 12.4 Å². The normalized spacial score (nSPS) is 14.9. The van der Waals surface area contributed by atoms with E-state index in [4.69, 9.17) is 14.2 Å². The summed E-state index contributed by atoms with van der Waals surface area (Å²) in [6.07, 6.45) is -6.32. The van der Waals surface area contributed by atoms with Crippen LogP contribution in [0.5, 0.6) is 17.2 Å². The van der Waals surface area contributed by atoms with Gasteiger partial charge in [0.05, 0.1) is 18.4 Å².